The van der Waals surface area contributed by atoms with E-state index in [1.54, 1.807) is 0 Å². The number of anilines is 1. The van der Waals surface area contributed by atoms with Gasteiger partial charge in [-0.1, -0.05) is 19.1 Å². The first kappa shape index (κ1) is 19.8. The van der Waals surface area contributed by atoms with E-state index in [2.05, 4.69) is 33.2 Å². The summed E-state index contributed by atoms with van der Waals surface area (Å²) in [6.07, 6.45) is 3.75. The van der Waals surface area contributed by atoms with Gasteiger partial charge in [-0.25, -0.2) is 4.98 Å². The van der Waals surface area contributed by atoms with E-state index in [0.717, 1.165) is 56.5 Å². The van der Waals surface area contributed by atoms with Crippen molar-refractivity contribution in [3.05, 3.63) is 24.3 Å². The van der Waals surface area contributed by atoms with Crippen LogP contribution in [0, 0.1) is 11.8 Å². The van der Waals surface area contributed by atoms with Crippen LogP contribution in [0.25, 0.3) is 11.0 Å². The molecule has 1 fully saturated rings. The van der Waals surface area contributed by atoms with Crippen molar-refractivity contribution in [2.24, 2.45) is 11.8 Å². The summed E-state index contributed by atoms with van der Waals surface area (Å²) in [6, 6.07) is 8.02. The van der Waals surface area contributed by atoms with E-state index in [0.29, 0.717) is 30.8 Å². The predicted octanol–water partition coefficient (Wildman–Crippen LogP) is 3.43. The lowest BCUT2D eigenvalue weighted by Gasteiger charge is -2.27. The summed E-state index contributed by atoms with van der Waals surface area (Å²) in [6.45, 7) is 8.53. The molecular weight excluding hydrogens is 340 g/mol. The normalized spacial score (nSPS) is 16.5. The Labute approximate surface area is 161 Å². The van der Waals surface area contributed by atoms with Gasteiger partial charge in [0.2, 0.25) is 11.9 Å². The predicted molar refractivity (Wildman–Crippen MR) is 109 cm³/mol. The quantitative estimate of drug-likeness (QED) is 0.662. The molecule has 3 rings (SSSR count). The molecule has 0 spiro atoms. The lowest BCUT2D eigenvalue weighted by molar-refractivity contribution is -0.117. The van der Waals surface area contributed by atoms with Crippen molar-refractivity contribution in [1.82, 2.24) is 14.9 Å². The summed E-state index contributed by atoms with van der Waals surface area (Å²) in [5.74, 6) is 1.72. The molecule has 1 atom stereocenters. The van der Waals surface area contributed by atoms with Crippen LogP contribution in [0.1, 0.15) is 39.5 Å². The molecule has 2 N–H and O–H groups in total. The van der Waals surface area contributed by atoms with Gasteiger partial charge >= 0.3 is 0 Å². The highest BCUT2D eigenvalue weighted by molar-refractivity contribution is 5.91. The summed E-state index contributed by atoms with van der Waals surface area (Å²) >= 11 is 0. The minimum atomic E-state index is 0.0578. The molecule has 1 aromatic carbocycles. The Kier molecular flexibility index (Phi) is 7.24. The van der Waals surface area contributed by atoms with Crippen LogP contribution in [0.4, 0.5) is 5.95 Å². The first-order valence-electron chi connectivity index (χ1n) is 10.2. The van der Waals surface area contributed by atoms with Gasteiger partial charge in [0.15, 0.2) is 0 Å². The van der Waals surface area contributed by atoms with E-state index in [-0.39, 0.29) is 5.91 Å². The Hall–Kier alpha value is -1.92. The maximum absolute atomic E-state index is 12.7. The number of amides is 1. The topological polar surface area (TPSA) is 68.2 Å². The number of para-hydroxylation sites is 2. The van der Waals surface area contributed by atoms with Crippen LogP contribution in [0.3, 0.4) is 0 Å². The molecule has 1 saturated heterocycles. The molecule has 6 heteroatoms. The Morgan fingerprint density at radius 3 is 2.93 bits per heavy atom. The third-order valence-electron chi connectivity index (χ3n) is 5.48. The van der Waals surface area contributed by atoms with Crippen molar-refractivity contribution in [3.8, 4) is 0 Å². The van der Waals surface area contributed by atoms with E-state index in [1.165, 1.54) is 0 Å². The Morgan fingerprint density at radius 1 is 1.37 bits per heavy atom. The number of aryl methyl sites for hydroxylation is 1. The second-order valence-corrected chi connectivity index (χ2v) is 7.44. The number of carbonyl (C=O) groups excluding carboxylic acids is 1. The molecular formula is C21H32N4O2. The molecule has 2 heterocycles. The first-order chi connectivity index (χ1) is 13.2. The number of carbonyl (C=O) groups is 1. The van der Waals surface area contributed by atoms with Crippen molar-refractivity contribution in [3.63, 3.8) is 0 Å². The zero-order valence-corrected chi connectivity index (χ0v) is 16.5. The molecule has 6 nitrogen and oxygen atoms in total. The number of aromatic nitrogens is 2. The second-order valence-electron chi connectivity index (χ2n) is 7.44. The third kappa shape index (κ3) is 5.30. The van der Waals surface area contributed by atoms with Gasteiger partial charge in [-0.05, 0) is 63.2 Å². The monoisotopic (exact) mass is 372 g/mol. The van der Waals surface area contributed by atoms with E-state index in [4.69, 9.17) is 4.74 Å². The van der Waals surface area contributed by atoms with Gasteiger partial charge < -0.3 is 14.6 Å². The molecule has 2 aromatic rings. The number of nitrogens with one attached hydrogen (secondary N) is 2. The lowest BCUT2D eigenvalue weighted by atomic mass is 9.84. The average molecular weight is 373 g/mol. The van der Waals surface area contributed by atoms with E-state index in [9.17, 15) is 4.79 Å². The van der Waals surface area contributed by atoms with Crippen molar-refractivity contribution in [1.29, 1.82) is 0 Å². The van der Waals surface area contributed by atoms with E-state index in [1.807, 2.05) is 25.1 Å². The summed E-state index contributed by atoms with van der Waals surface area (Å²) < 4.78 is 7.56. The molecule has 1 aliphatic heterocycles. The maximum Gasteiger partial charge on any atom is 0.226 e. The first-order valence-corrected chi connectivity index (χ1v) is 10.2. The van der Waals surface area contributed by atoms with Crippen LogP contribution in [-0.2, 0) is 16.1 Å². The van der Waals surface area contributed by atoms with Crippen molar-refractivity contribution in [2.45, 2.75) is 46.1 Å². The van der Waals surface area contributed by atoms with Crippen LogP contribution < -0.4 is 10.6 Å². The number of rotatable bonds is 9. The Morgan fingerprint density at radius 2 is 2.15 bits per heavy atom. The molecule has 27 heavy (non-hydrogen) atoms. The number of fused-ring (bicyclic) bond motifs is 1. The van der Waals surface area contributed by atoms with Gasteiger partial charge in [0.1, 0.15) is 0 Å². The number of ether oxygens (including phenoxy) is 1. The number of benzene rings is 1. The van der Waals surface area contributed by atoms with Gasteiger partial charge in [-0.15, -0.1) is 0 Å². The highest BCUT2D eigenvalue weighted by Gasteiger charge is 2.23. The van der Waals surface area contributed by atoms with Crippen LogP contribution >= 0.6 is 0 Å². The fourth-order valence-corrected chi connectivity index (χ4v) is 3.91. The largest absolute Gasteiger partial charge is 0.382 e. The molecule has 1 amide bonds. The Balaban J connectivity index is 1.66. The number of nitrogens with zero attached hydrogens (tertiary/aromatic N) is 2. The molecule has 0 radical (unpaired) electrons. The zero-order chi connectivity index (χ0) is 19.1. The van der Waals surface area contributed by atoms with E-state index >= 15 is 0 Å². The maximum atomic E-state index is 12.7. The zero-order valence-electron chi connectivity index (χ0n) is 16.5. The SMILES string of the molecule is CCOCCCn1c(NC(=O)CC(C)C2CCNCC2)nc2ccccc21. The molecule has 1 aromatic heterocycles. The van der Waals surface area contributed by atoms with Crippen LogP contribution in [0.5, 0.6) is 0 Å². The Bertz CT molecular complexity index is 737. The van der Waals surface area contributed by atoms with E-state index < -0.39 is 0 Å². The average Bonchev–Trinajstić information content (AvgIpc) is 3.03. The highest BCUT2D eigenvalue weighted by atomic mass is 16.5. The van der Waals surface area contributed by atoms with Crippen molar-refractivity contribution >= 4 is 22.9 Å². The summed E-state index contributed by atoms with van der Waals surface area (Å²) in [5.41, 5.74) is 1.96. The van der Waals surface area contributed by atoms with Gasteiger partial charge in [0, 0.05) is 26.2 Å². The molecule has 0 aliphatic carbocycles. The van der Waals surface area contributed by atoms with Crippen molar-refractivity contribution in [2.75, 3.05) is 31.6 Å². The van der Waals surface area contributed by atoms with Gasteiger partial charge in [-0.3, -0.25) is 10.1 Å². The fraction of sp³-hybridized carbons (Fsp3) is 0.619. The highest BCUT2D eigenvalue weighted by Crippen LogP contribution is 2.25. The third-order valence-corrected chi connectivity index (χ3v) is 5.48. The number of imidazole rings is 1. The standard InChI is InChI=1S/C21H32N4O2/c1-3-27-14-6-13-25-19-8-5-4-7-18(19)23-21(25)24-20(26)15-16(2)17-9-11-22-12-10-17/h4-5,7-8,16-17,22H,3,6,9-15H2,1-2H3,(H,23,24,26). The molecule has 1 unspecified atom stereocenters. The lowest BCUT2D eigenvalue weighted by Crippen LogP contribution is -2.32. The van der Waals surface area contributed by atoms with Crippen molar-refractivity contribution < 1.29 is 9.53 Å². The molecule has 1 aliphatic rings. The van der Waals surface area contributed by atoms with Gasteiger partial charge in [0.05, 0.1) is 11.0 Å². The summed E-state index contributed by atoms with van der Waals surface area (Å²) in [7, 11) is 0. The van der Waals surface area contributed by atoms with Gasteiger partial charge in [0.25, 0.3) is 0 Å². The van der Waals surface area contributed by atoms with Crippen LogP contribution in [0.15, 0.2) is 24.3 Å². The van der Waals surface area contributed by atoms with Gasteiger partial charge in [-0.2, -0.15) is 0 Å². The van der Waals surface area contributed by atoms with Crippen LogP contribution in [0.2, 0.25) is 0 Å². The minimum Gasteiger partial charge on any atom is -0.382 e. The second kappa shape index (κ2) is 9.85. The number of hydrogen-bond donors (Lipinski definition) is 2. The minimum absolute atomic E-state index is 0.0578. The molecule has 148 valence electrons. The summed E-state index contributed by atoms with van der Waals surface area (Å²) in [5, 5.41) is 6.46. The fourth-order valence-electron chi connectivity index (χ4n) is 3.91. The summed E-state index contributed by atoms with van der Waals surface area (Å²) in [4.78, 5) is 17.3. The number of hydrogen-bond acceptors (Lipinski definition) is 4. The smallest absolute Gasteiger partial charge is 0.226 e. The van der Waals surface area contributed by atoms with Crippen LogP contribution in [-0.4, -0.2) is 41.8 Å². The molecule has 0 bridgehead atoms. The molecule has 0 saturated carbocycles. The number of piperidine rings is 1.